The summed E-state index contributed by atoms with van der Waals surface area (Å²) < 4.78 is 13.4. The Morgan fingerprint density at radius 3 is 2.58 bits per heavy atom. The minimum absolute atomic E-state index is 0.0560. The molecule has 0 heterocycles. The average Bonchev–Trinajstić information content (AvgIpc) is 2.94. The monoisotopic (exact) mass is 322 g/mol. The molecule has 1 aliphatic rings. The van der Waals surface area contributed by atoms with Gasteiger partial charge in [-0.1, -0.05) is 35.9 Å². The zero-order valence-corrected chi connectivity index (χ0v) is 14.3. The normalized spacial score (nSPS) is 19.3. The van der Waals surface area contributed by atoms with Crippen molar-refractivity contribution >= 4 is 5.69 Å². The first-order valence-corrected chi connectivity index (χ1v) is 8.47. The highest BCUT2D eigenvalue weighted by molar-refractivity contribution is 5.56. The van der Waals surface area contributed by atoms with Crippen LogP contribution < -0.4 is 0 Å². The molecule has 1 aliphatic carbocycles. The number of hydrogen-bond donors (Lipinski definition) is 0. The van der Waals surface area contributed by atoms with E-state index in [2.05, 4.69) is 29.9 Å². The molecule has 0 aliphatic heterocycles. The lowest BCUT2D eigenvalue weighted by atomic mass is 9.72. The minimum Gasteiger partial charge on any atom is -0.309 e. The zero-order chi connectivity index (χ0) is 17.2. The Morgan fingerprint density at radius 1 is 1.17 bits per heavy atom. The molecule has 0 N–H and O–H groups in total. The van der Waals surface area contributed by atoms with Gasteiger partial charge in [-0.15, -0.1) is 0 Å². The number of rotatable bonds is 5. The van der Waals surface area contributed by atoms with Crippen molar-refractivity contribution in [3.05, 3.63) is 76.4 Å². The number of fused-ring (bicyclic) bond motifs is 1. The fourth-order valence-electron chi connectivity index (χ4n) is 3.98. The number of hydrogen-bond acceptors (Lipinski definition) is 1. The van der Waals surface area contributed by atoms with Crippen LogP contribution in [0.4, 0.5) is 10.1 Å². The van der Waals surface area contributed by atoms with Gasteiger partial charge in [-0.2, -0.15) is 0 Å². The van der Waals surface area contributed by atoms with Crippen molar-refractivity contribution in [1.82, 2.24) is 4.90 Å². The quantitative estimate of drug-likeness (QED) is 0.707. The second kappa shape index (κ2) is 6.75. The van der Waals surface area contributed by atoms with Crippen LogP contribution in [0.15, 0.2) is 42.5 Å². The molecule has 2 aromatic rings. The maximum atomic E-state index is 13.4. The molecule has 24 heavy (non-hydrogen) atoms. The van der Waals surface area contributed by atoms with Crippen LogP contribution >= 0.6 is 0 Å². The van der Waals surface area contributed by atoms with E-state index in [9.17, 15) is 4.39 Å². The van der Waals surface area contributed by atoms with E-state index in [4.69, 9.17) is 6.57 Å². The van der Waals surface area contributed by atoms with E-state index in [1.807, 2.05) is 24.3 Å². The van der Waals surface area contributed by atoms with Gasteiger partial charge in [-0.05, 0) is 69.6 Å². The summed E-state index contributed by atoms with van der Waals surface area (Å²) in [6, 6.07) is 13.1. The average molecular weight is 322 g/mol. The molecule has 0 amide bonds. The van der Waals surface area contributed by atoms with Crippen LogP contribution in [0.1, 0.15) is 36.0 Å². The Balaban J connectivity index is 2.02. The number of halogens is 1. The highest BCUT2D eigenvalue weighted by atomic mass is 19.1. The van der Waals surface area contributed by atoms with Crippen LogP contribution in [0, 0.1) is 12.4 Å². The lowest BCUT2D eigenvalue weighted by Crippen LogP contribution is -2.26. The molecule has 0 aromatic heterocycles. The van der Waals surface area contributed by atoms with E-state index in [-0.39, 0.29) is 11.2 Å². The Hall–Kier alpha value is -2.18. The Kier molecular flexibility index (Phi) is 4.69. The van der Waals surface area contributed by atoms with E-state index in [1.54, 1.807) is 12.1 Å². The molecule has 2 nitrogen and oxygen atoms in total. The van der Waals surface area contributed by atoms with Crippen LogP contribution in [-0.2, 0) is 11.8 Å². The predicted molar refractivity (Wildman–Crippen MR) is 96.0 cm³/mol. The molecule has 1 atom stereocenters. The Labute approximate surface area is 143 Å². The van der Waals surface area contributed by atoms with Gasteiger partial charge in [0.25, 0.3) is 0 Å². The van der Waals surface area contributed by atoms with Crippen LogP contribution in [0.25, 0.3) is 4.85 Å². The van der Waals surface area contributed by atoms with E-state index in [0.717, 1.165) is 32.2 Å². The third kappa shape index (κ3) is 3.07. The van der Waals surface area contributed by atoms with E-state index < -0.39 is 0 Å². The molecule has 0 spiro atoms. The highest BCUT2D eigenvalue weighted by Crippen LogP contribution is 2.48. The van der Waals surface area contributed by atoms with Crippen molar-refractivity contribution in [2.45, 2.75) is 31.1 Å². The second-order valence-corrected chi connectivity index (χ2v) is 6.95. The van der Waals surface area contributed by atoms with E-state index in [1.165, 1.54) is 16.7 Å². The van der Waals surface area contributed by atoms with Gasteiger partial charge < -0.3 is 4.90 Å². The summed E-state index contributed by atoms with van der Waals surface area (Å²) in [5.74, 6) is -0.191. The Morgan fingerprint density at radius 2 is 1.92 bits per heavy atom. The van der Waals surface area contributed by atoms with Gasteiger partial charge in [0.15, 0.2) is 5.69 Å². The number of aryl methyl sites for hydroxylation is 1. The topological polar surface area (TPSA) is 7.60 Å². The minimum atomic E-state index is -0.191. The van der Waals surface area contributed by atoms with Crippen molar-refractivity contribution in [2.75, 3.05) is 20.6 Å². The van der Waals surface area contributed by atoms with Gasteiger partial charge >= 0.3 is 0 Å². The molecule has 0 radical (unpaired) electrons. The van der Waals surface area contributed by atoms with Gasteiger partial charge in [0.2, 0.25) is 0 Å². The van der Waals surface area contributed by atoms with E-state index >= 15 is 0 Å². The van der Waals surface area contributed by atoms with Crippen molar-refractivity contribution in [3.8, 4) is 0 Å². The molecule has 0 bridgehead atoms. The maximum Gasteiger partial charge on any atom is 0.187 e. The standard InChI is InChI=1S/C21H23FN2/c1-23-19-9-10-20-16(15-19)11-13-21(20,12-4-14-24(2)3)17-5-7-18(22)8-6-17/h5-10,15H,4,11-14H2,2-3H3. The number of nitrogens with zero attached hydrogens (tertiary/aromatic N) is 2. The molecule has 0 fully saturated rings. The first-order chi connectivity index (χ1) is 11.5. The fourth-order valence-corrected chi connectivity index (χ4v) is 3.98. The first-order valence-electron chi connectivity index (χ1n) is 8.47. The molecular formula is C21H23FN2. The summed E-state index contributed by atoms with van der Waals surface area (Å²) in [7, 11) is 4.18. The van der Waals surface area contributed by atoms with Gasteiger partial charge in [0.1, 0.15) is 5.82 Å². The zero-order valence-electron chi connectivity index (χ0n) is 14.3. The highest BCUT2D eigenvalue weighted by Gasteiger charge is 2.39. The molecule has 0 saturated carbocycles. The SMILES string of the molecule is [C-]#[N+]c1ccc2c(c1)CCC2(CCCN(C)C)c1ccc(F)cc1. The molecule has 2 aromatic carbocycles. The third-order valence-corrected chi connectivity index (χ3v) is 5.16. The van der Waals surface area contributed by atoms with Crippen LogP contribution in [0.3, 0.4) is 0 Å². The summed E-state index contributed by atoms with van der Waals surface area (Å²) in [5.41, 5.74) is 4.44. The van der Waals surface area contributed by atoms with Crippen molar-refractivity contribution in [3.63, 3.8) is 0 Å². The summed E-state index contributed by atoms with van der Waals surface area (Å²) in [6.45, 7) is 8.27. The second-order valence-electron chi connectivity index (χ2n) is 6.95. The molecular weight excluding hydrogens is 299 g/mol. The van der Waals surface area contributed by atoms with Crippen LogP contribution in [0.2, 0.25) is 0 Å². The summed E-state index contributed by atoms with van der Waals surface area (Å²) in [5, 5.41) is 0. The smallest absolute Gasteiger partial charge is 0.187 e. The summed E-state index contributed by atoms with van der Waals surface area (Å²) >= 11 is 0. The van der Waals surface area contributed by atoms with Crippen LogP contribution in [0.5, 0.6) is 0 Å². The molecule has 1 unspecified atom stereocenters. The largest absolute Gasteiger partial charge is 0.309 e. The molecule has 0 saturated heterocycles. The summed E-state index contributed by atoms with van der Waals surface area (Å²) in [6.07, 6.45) is 4.15. The van der Waals surface area contributed by atoms with Gasteiger partial charge in [0, 0.05) is 5.41 Å². The number of benzene rings is 2. The maximum absolute atomic E-state index is 13.4. The van der Waals surface area contributed by atoms with Crippen molar-refractivity contribution in [1.29, 1.82) is 0 Å². The Bertz CT molecular complexity index is 758. The summed E-state index contributed by atoms with van der Waals surface area (Å²) in [4.78, 5) is 5.76. The van der Waals surface area contributed by atoms with E-state index in [0.29, 0.717) is 5.69 Å². The van der Waals surface area contributed by atoms with Crippen molar-refractivity contribution in [2.24, 2.45) is 0 Å². The van der Waals surface area contributed by atoms with Gasteiger partial charge in [-0.3, -0.25) is 0 Å². The lowest BCUT2D eigenvalue weighted by molar-refractivity contribution is 0.359. The molecule has 3 rings (SSSR count). The lowest BCUT2D eigenvalue weighted by Gasteiger charge is -2.32. The molecule has 124 valence electrons. The van der Waals surface area contributed by atoms with Gasteiger partial charge in [0.05, 0.1) is 6.57 Å². The molecule has 3 heteroatoms. The third-order valence-electron chi connectivity index (χ3n) is 5.16. The van der Waals surface area contributed by atoms with Crippen LogP contribution in [-0.4, -0.2) is 25.5 Å². The van der Waals surface area contributed by atoms with Crippen molar-refractivity contribution < 1.29 is 4.39 Å². The van der Waals surface area contributed by atoms with Gasteiger partial charge in [-0.25, -0.2) is 9.24 Å². The first kappa shape index (κ1) is 16.7. The predicted octanol–water partition coefficient (Wildman–Crippen LogP) is 4.95. The fraction of sp³-hybridized carbons (Fsp3) is 0.381.